The number of aliphatic imine (C=N–C) groups is 1. The fraction of sp³-hybridized carbons (Fsp3) is 0.125. The molecule has 2 aromatic rings. The van der Waals surface area contributed by atoms with E-state index in [0.717, 1.165) is 21.5 Å². The highest BCUT2D eigenvalue weighted by molar-refractivity contribution is 8.13. The van der Waals surface area contributed by atoms with Gasteiger partial charge in [0.1, 0.15) is 0 Å². The van der Waals surface area contributed by atoms with Crippen LogP contribution in [0.5, 0.6) is 0 Å². The molecule has 112 valence electrons. The smallest absolute Gasteiger partial charge is 0.267 e. The minimum Gasteiger partial charge on any atom is -0.267 e. The van der Waals surface area contributed by atoms with E-state index in [1.54, 1.807) is 29.9 Å². The molecule has 4 nitrogen and oxygen atoms in total. The minimum atomic E-state index is -0.149. The van der Waals surface area contributed by atoms with Gasteiger partial charge in [-0.05, 0) is 29.8 Å². The molecule has 0 spiro atoms. The number of nitrogens with zero attached hydrogens (tertiary/aromatic N) is 2. The largest absolute Gasteiger partial charge is 0.272 e. The van der Waals surface area contributed by atoms with E-state index >= 15 is 0 Å². The Morgan fingerprint density at radius 1 is 1.18 bits per heavy atom. The van der Waals surface area contributed by atoms with Gasteiger partial charge in [0.15, 0.2) is 5.17 Å². The average molecular weight is 332 g/mol. The lowest BCUT2D eigenvalue weighted by Gasteiger charge is -2.18. The van der Waals surface area contributed by atoms with E-state index in [2.05, 4.69) is 10.4 Å². The molecule has 0 aliphatic carbocycles. The Kier molecular flexibility index (Phi) is 4.36. The van der Waals surface area contributed by atoms with E-state index in [1.165, 1.54) is 0 Å². The molecule has 3 rings (SSSR count). The van der Waals surface area contributed by atoms with Gasteiger partial charge in [-0.3, -0.25) is 15.2 Å². The number of benzene rings is 2. The lowest BCUT2D eigenvalue weighted by molar-refractivity contribution is 0.0892. The third kappa shape index (κ3) is 3.26. The van der Waals surface area contributed by atoms with E-state index in [1.807, 2.05) is 42.5 Å². The van der Waals surface area contributed by atoms with Gasteiger partial charge in [-0.15, -0.1) is 0 Å². The van der Waals surface area contributed by atoms with E-state index in [-0.39, 0.29) is 5.91 Å². The van der Waals surface area contributed by atoms with Crippen molar-refractivity contribution in [1.29, 1.82) is 0 Å². The number of hydrogen-bond acceptors (Lipinski definition) is 4. The lowest BCUT2D eigenvalue weighted by Crippen LogP contribution is -2.40. The number of carbonyl (C=O) groups excluding carboxylic acids is 1. The summed E-state index contributed by atoms with van der Waals surface area (Å²) in [4.78, 5) is 16.7. The molecule has 1 aliphatic rings. The van der Waals surface area contributed by atoms with E-state index in [9.17, 15) is 4.79 Å². The van der Waals surface area contributed by atoms with Gasteiger partial charge in [-0.25, -0.2) is 4.99 Å². The van der Waals surface area contributed by atoms with Crippen LogP contribution in [0.2, 0.25) is 5.02 Å². The first-order chi connectivity index (χ1) is 10.6. The molecule has 1 heterocycles. The third-order valence-electron chi connectivity index (χ3n) is 3.20. The Labute approximate surface area is 138 Å². The highest BCUT2D eigenvalue weighted by Gasteiger charge is 2.20. The van der Waals surface area contributed by atoms with Crippen molar-refractivity contribution in [3.8, 4) is 0 Å². The summed E-state index contributed by atoms with van der Waals surface area (Å²) in [6, 6.07) is 15.0. The third-order valence-corrected chi connectivity index (χ3v) is 4.56. The molecule has 2 aromatic carbocycles. The zero-order chi connectivity index (χ0) is 15.5. The van der Waals surface area contributed by atoms with Crippen molar-refractivity contribution in [2.24, 2.45) is 4.99 Å². The molecule has 0 radical (unpaired) electrons. The number of para-hydroxylation sites is 1. The maximum Gasteiger partial charge on any atom is 0.272 e. The van der Waals surface area contributed by atoms with Crippen LogP contribution in [-0.2, 0) is 5.75 Å². The van der Waals surface area contributed by atoms with Crippen LogP contribution in [0.25, 0.3) is 0 Å². The number of hydrazine groups is 1. The van der Waals surface area contributed by atoms with E-state index < -0.39 is 0 Å². The molecule has 0 saturated heterocycles. The number of halogens is 1. The molecule has 0 atom stereocenters. The molecule has 0 saturated carbocycles. The maximum atomic E-state index is 12.1. The summed E-state index contributed by atoms with van der Waals surface area (Å²) in [5.41, 5.74) is 5.23. The van der Waals surface area contributed by atoms with Crippen molar-refractivity contribution in [2.45, 2.75) is 5.75 Å². The first kappa shape index (κ1) is 14.9. The van der Waals surface area contributed by atoms with Crippen molar-refractivity contribution in [2.75, 3.05) is 7.05 Å². The Balaban J connectivity index is 1.82. The van der Waals surface area contributed by atoms with Crippen LogP contribution in [0.15, 0.2) is 53.5 Å². The number of fused-ring (bicyclic) bond motifs is 1. The topological polar surface area (TPSA) is 44.7 Å². The number of amidine groups is 1. The fourth-order valence-electron chi connectivity index (χ4n) is 2.06. The summed E-state index contributed by atoms with van der Waals surface area (Å²) in [5.74, 6) is 0.599. The Morgan fingerprint density at radius 2 is 1.91 bits per heavy atom. The molecule has 22 heavy (non-hydrogen) atoms. The molecule has 1 N–H and O–H groups in total. The molecule has 1 aliphatic heterocycles. The summed E-state index contributed by atoms with van der Waals surface area (Å²) < 4.78 is 0. The van der Waals surface area contributed by atoms with Crippen molar-refractivity contribution >= 4 is 40.1 Å². The number of hydrogen-bond donors (Lipinski definition) is 1. The van der Waals surface area contributed by atoms with Crippen LogP contribution in [-0.4, -0.2) is 23.1 Å². The standard InChI is InChI=1S/C16H14ClN3OS/c1-20-16(22-10-11-6-8-12(17)9-7-11)18-14-5-3-2-4-13(14)15(21)19-20/h2-9H,10H2,1H3,(H,19,21). The first-order valence-corrected chi connectivity index (χ1v) is 8.09. The first-order valence-electron chi connectivity index (χ1n) is 6.73. The monoisotopic (exact) mass is 331 g/mol. The Morgan fingerprint density at radius 3 is 2.68 bits per heavy atom. The maximum absolute atomic E-state index is 12.1. The number of carbonyl (C=O) groups is 1. The minimum absolute atomic E-state index is 0.149. The summed E-state index contributed by atoms with van der Waals surface area (Å²) in [5, 5.41) is 3.12. The van der Waals surface area contributed by atoms with Gasteiger partial charge in [-0.2, -0.15) is 0 Å². The second-order valence-corrected chi connectivity index (χ2v) is 6.21. The summed E-state index contributed by atoms with van der Waals surface area (Å²) >= 11 is 7.45. The number of thioether (sulfide) groups is 1. The molecular formula is C16H14ClN3OS. The fourth-order valence-corrected chi connectivity index (χ4v) is 3.08. The molecule has 1 amide bonds. The van der Waals surface area contributed by atoms with Crippen LogP contribution in [0.3, 0.4) is 0 Å². The molecule has 0 fully saturated rings. The molecule has 0 aromatic heterocycles. The van der Waals surface area contributed by atoms with Crippen LogP contribution in [0.1, 0.15) is 15.9 Å². The van der Waals surface area contributed by atoms with Crippen molar-refractivity contribution in [3.63, 3.8) is 0 Å². The summed E-state index contributed by atoms with van der Waals surface area (Å²) in [6.45, 7) is 0. The van der Waals surface area contributed by atoms with Crippen molar-refractivity contribution < 1.29 is 4.79 Å². The van der Waals surface area contributed by atoms with Gasteiger partial charge in [-0.1, -0.05) is 47.6 Å². The van der Waals surface area contributed by atoms with Crippen LogP contribution < -0.4 is 5.43 Å². The second kappa shape index (κ2) is 6.42. The normalized spacial score (nSPS) is 14.0. The predicted octanol–water partition coefficient (Wildman–Crippen LogP) is 3.85. The van der Waals surface area contributed by atoms with Crippen molar-refractivity contribution in [3.05, 3.63) is 64.7 Å². The predicted molar refractivity (Wildman–Crippen MR) is 91.5 cm³/mol. The van der Waals surface area contributed by atoms with Crippen LogP contribution in [0, 0.1) is 0 Å². The number of rotatable bonds is 2. The van der Waals surface area contributed by atoms with Gasteiger partial charge in [0.2, 0.25) is 0 Å². The number of amides is 1. The van der Waals surface area contributed by atoms with Gasteiger partial charge in [0, 0.05) is 17.8 Å². The molecular weight excluding hydrogens is 318 g/mol. The van der Waals surface area contributed by atoms with Crippen molar-refractivity contribution in [1.82, 2.24) is 10.4 Å². The summed E-state index contributed by atoms with van der Waals surface area (Å²) in [7, 11) is 1.79. The molecule has 6 heteroatoms. The zero-order valence-corrected chi connectivity index (χ0v) is 13.5. The zero-order valence-electron chi connectivity index (χ0n) is 11.9. The van der Waals surface area contributed by atoms with E-state index in [4.69, 9.17) is 11.6 Å². The Hall–Kier alpha value is -1.98. The van der Waals surface area contributed by atoms with Gasteiger partial charge >= 0.3 is 0 Å². The Bertz CT molecular complexity index is 730. The SMILES string of the molecule is CN1NC(=O)c2ccccc2N=C1SCc1ccc(Cl)cc1. The molecule has 0 bridgehead atoms. The second-order valence-electron chi connectivity index (χ2n) is 4.83. The highest BCUT2D eigenvalue weighted by Crippen LogP contribution is 2.26. The van der Waals surface area contributed by atoms with Gasteiger partial charge < -0.3 is 0 Å². The number of nitrogens with one attached hydrogen (secondary N) is 1. The van der Waals surface area contributed by atoms with Crippen LogP contribution >= 0.6 is 23.4 Å². The molecule has 0 unspecified atom stereocenters. The average Bonchev–Trinajstić information content (AvgIpc) is 2.64. The van der Waals surface area contributed by atoms with E-state index in [0.29, 0.717) is 11.3 Å². The van der Waals surface area contributed by atoms with Gasteiger partial charge in [0.25, 0.3) is 5.91 Å². The van der Waals surface area contributed by atoms with Crippen LogP contribution in [0.4, 0.5) is 5.69 Å². The lowest BCUT2D eigenvalue weighted by atomic mass is 10.2. The quantitative estimate of drug-likeness (QED) is 0.909. The highest BCUT2D eigenvalue weighted by atomic mass is 35.5. The summed E-state index contributed by atoms with van der Waals surface area (Å²) in [6.07, 6.45) is 0. The van der Waals surface area contributed by atoms with Gasteiger partial charge in [0.05, 0.1) is 11.3 Å².